The van der Waals surface area contributed by atoms with E-state index >= 15 is 0 Å². The number of hydrogen-bond acceptors (Lipinski definition) is 3. The van der Waals surface area contributed by atoms with Crippen molar-refractivity contribution in [3.63, 3.8) is 0 Å². The Bertz CT molecular complexity index is 326. The summed E-state index contributed by atoms with van der Waals surface area (Å²) in [7, 11) is 0. The highest BCUT2D eigenvalue weighted by Gasteiger charge is 2.17. The van der Waals surface area contributed by atoms with Crippen LogP contribution in [0.2, 0.25) is 0 Å². The summed E-state index contributed by atoms with van der Waals surface area (Å²) in [6.45, 7) is 8.20. The number of carbonyl (C=O) groups excluding carboxylic acids is 1. The lowest BCUT2D eigenvalue weighted by atomic mass is 10.1. The summed E-state index contributed by atoms with van der Waals surface area (Å²) in [5, 5.41) is 0. The average Bonchev–Trinajstić information content (AvgIpc) is 2.27. The summed E-state index contributed by atoms with van der Waals surface area (Å²) in [5.74, 6) is -0.193. The highest BCUT2D eigenvalue weighted by Crippen LogP contribution is 2.26. The summed E-state index contributed by atoms with van der Waals surface area (Å²) >= 11 is 1.65. The molecule has 1 aromatic heterocycles. The Morgan fingerprint density at radius 2 is 1.92 bits per heavy atom. The number of thiophene rings is 1. The monoisotopic (exact) mass is 198 g/mol. The van der Waals surface area contributed by atoms with Gasteiger partial charge in [0.1, 0.15) is 0 Å². The maximum absolute atomic E-state index is 11.5. The van der Waals surface area contributed by atoms with Crippen LogP contribution in [0.1, 0.15) is 32.6 Å². The molecule has 72 valence electrons. The molecule has 1 aromatic rings. The van der Waals surface area contributed by atoms with Gasteiger partial charge in [0.05, 0.1) is 12.2 Å². The zero-order valence-electron chi connectivity index (χ0n) is 8.43. The van der Waals surface area contributed by atoms with E-state index in [-0.39, 0.29) is 5.97 Å². The van der Waals surface area contributed by atoms with Crippen LogP contribution in [0.4, 0.5) is 0 Å². The van der Waals surface area contributed by atoms with Crippen LogP contribution in [0.5, 0.6) is 0 Å². The molecular weight excluding hydrogens is 184 g/mol. The molecule has 0 unspecified atom stereocenters. The molecule has 2 nitrogen and oxygen atoms in total. The first-order chi connectivity index (χ1) is 6.07. The third-order valence-electron chi connectivity index (χ3n) is 2.04. The van der Waals surface area contributed by atoms with Crippen LogP contribution < -0.4 is 0 Å². The number of aryl methyl sites for hydroxylation is 2. The number of esters is 1. The lowest BCUT2D eigenvalue weighted by Gasteiger charge is -2.01. The van der Waals surface area contributed by atoms with Crippen LogP contribution in [0.15, 0.2) is 0 Å². The van der Waals surface area contributed by atoms with Crippen LogP contribution >= 0.6 is 11.3 Å². The number of carbonyl (C=O) groups is 1. The van der Waals surface area contributed by atoms with Crippen molar-refractivity contribution >= 4 is 17.3 Å². The Balaban J connectivity index is 3.06. The highest BCUT2D eigenvalue weighted by molar-refractivity contribution is 7.12. The van der Waals surface area contributed by atoms with E-state index in [1.54, 1.807) is 11.3 Å². The Kier molecular flexibility index (Phi) is 3.09. The molecule has 1 heterocycles. The Morgan fingerprint density at radius 3 is 2.31 bits per heavy atom. The van der Waals surface area contributed by atoms with Crippen molar-refractivity contribution in [3.8, 4) is 0 Å². The molecule has 0 atom stereocenters. The maximum atomic E-state index is 11.5. The van der Waals surface area contributed by atoms with E-state index in [4.69, 9.17) is 4.74 Å². The highest BCUT2D eigenvalue weighted by atomic mass is 32.1. The van der Waals surface area contributed by atoms with E-state index in [1.807, 2.05) is 27.7 Å². The molecule has 0 N–H and O–H groups in total. The Hall–Kier alpha value is -0.830. The normalized spacial score (nSPS) is 10.2. The minimum atomic E-state index is -0.193. The fourth-order valence-electron chi connectivity index (χ4n) is 1.30. The molecule has 3 heteroatoms. The van der Waals surface area contributed by atoms with Crippen molar-refractivity contribution < 1.29 is 9.53 Å². The quantitative estimate of drug-likeness (QED) is 0.683. The van der Waals surface area contributed by atoms with Gasteiger partial charge in [-0.25, -0.2) is 4.79 Å². The lowest BCUT2D eigenvalue weighted by molar-refractivity contribution is 0.0525. The summed E-state index contributed by atoms with van der Waals surface area (Å²) in [4.78, 5) is 13.7. The zero-order chi connectivity index (χ0) is 10.0. The van der Waals surface area contributed by atoms with E-state index in [0.29, 0.717) is 6.61 Å². The largest absolute Gasteiger partial charge is 0.462 e. The second-order valence-corrected chi connectivity index (χ2v) is 4.36. The number of rotatable bonds is 2. The van der Waals surface area contributed by atoms with Crippen LogP contribution in [-0.4, -0.2) is 12.6 Å². The molecule has 0 amide bonds. The molecular formula is C10H14O2S. The smallest absolute Gasteiger partial charge is 0.339 e. The van der Waals surface area contributed by atoms with Gasteiger partial charge >= 0.3 is 5.97 Å². The lowest BCUT2D eigenvalue weighted by Crippen LogP contribution is -2.06. The first-order valence-corrected chi connectivity index (χ1v) is 5.13. The molecule has 0 aliphatic rings. The zero-order valence-corrected chi connectivity index (χ0v) is 9.25. The molecule has 0 aliphatic heterocycles. The summed E-state index contributed by atoms with van der Waals surface area (Å²) < 4.78 is 4.97. The van der Waals surface area contributed by atoms with Crippen LogP contribution in [0.3, 0.4) is 0 Å². The van der Waals surface area contributed by atoms with Crippen molar-refractivity contribution in [1.82, 2.24) is 0 Å². The van der Waals surface area contributed by atoms with Gasteiger partial charge in [-0.05, 0) is 33.3 Å². The van der Waals surface area contributed by atoms with Crippen molar-refractivity contribution in [3.05, 3.63) is 20.9 Å². The third-order valence-corrected chi connectivity index (χ3v) is 3.16. The third kappa shape index (κ3) is 1.91. The molecule has 0 fully saturated rings. The second kappa shape index (κ2) is 3.92. The predicted molar refractivity (Wildman–Crippen MR) is 54.5 cm³/mol. The van der Waals surface area contributed by atoms with Crippen molar-refractivity contribution in [2.75, 3.05) is 6.61 Å². The Morgan fingerprint density at radius 1 is 1.31 bits per heavy atom. The van der Waals surface area contributed by atoms with Gasteiger partial charge in [0.15, 0.2) is 0 Å². The number of ether oxygens (including phenoxy) is 1. The van der Waals surface area contributed by atoms with E-state index in [2.05, 4.69) is 0 Å². The summed E-state index contributed by atoms with van der Waals surface area (Å²) in [5.41, 5.74) is 1.81. The average molecular weight is 198 g/mol. The van der Waals surface area contributed by atoms with Crippen molar-refractivity contribution in [2.45, 2.75) is 27.7 Å². The van der Waals surface area contributed by atoms with Gasteiger partial charge in [-0.3, -0.25) is 0 Å². The van der Waals surface area contributed by atoms with Crippen LogP contribution in [-0.2, 0) is 4.74 Å². The molecule has 13 heavy (non-hydrogen) atoms. The molecule has 0 saturated heterocycles. The molecule has 1 rings (SSSR count). The summed E-state index contributed by atoms with van der Waals surface area (Å²) in [6, 6.07) is 0. The fraction of sp³-hybridized carbons (Fsp3) is 0.500. The van der Waals surface area contributed by atoms with Gasteiger partial charge in [-0.2, -0.15) is 0 Å². The topological polar surface area (TPSA) is 26.3 Å². The van der Waals surface area contributed by atoms with E-state index in [1.165, 1.54) is 4.88 Å². The van der Waals surface area contributed by atoms with Crippen molar-refractivity contribution in [1.29, 1.82) is 0 Å². The van der Waals surface area contributed by atoms with E-state index < -0.39 is 0 Å². The van der Waals surface area contributed by atoms with Gasteiger partial charge < -0.3 is 4.74 Å². The molecule has 0 aromatic carbocycles. The van der Waals surface area contributed by atoms with Gasteiger partial charge in [-0.1, -0.05) is 0 Å². The first-order valence-electron chi connectivity index (χ1n) is 4.31. The molecule has 0 spiro atoms. The maximum Gasteiger partial charge on any atom is 0.339 e. The Labute approximate surface area is 82.5 Å². The molecule has 0 bridgehead atoms. The standard InChI is InChI=1S/C10H14O2S/c1-5-12-10(11)9-6(2)7(3)13-8(9)4/h5H2,1-4H3. The minimum absolute atomic E-state index is 0.193. The molecule has 0 radical (unpaired) electrons. The SMILES string of the molecule is CCOC(=O)c1c(C)sc(C)c1C. The van der Waals surface area contributed by atoms with Gasteiger partial charge in [-0.15, -0.1) is 11.3 Å². The van der Waals surface area contributed by atoms with Gasteiger partial charge in [0.25, 0.3) is 0 Å². The van der Waals surface area contributed by atoms with Gasteiger partial charge in [0, 0.05) is 9.75 Å². The fourth-order valence-corrected chi connectivity index (χ4v) is 2.35. The van der Waals surface area contributed by atoms with Crippen molar-refractivity contribution in [2.24, 2.45) is 0 Å². The van der Waals surface area contributed by atoms with Crippen LogP contribution in [0.25, 0.3) is 0 Å². The minimum Gasteiger partial charge on any atom is -0.462 e. The molecule has 0 saturated carbocycles. The van der Waals surface area contributed by atoms with Gasteiger partial charge in [0.2, 0.25) is 0 Å². The second-order valence-electron chi connectivity index (χ2n) is 2.93. The van der Waals surface area contributed by atoms with E-state index in [9.17, 15) is 4.79 Å². The summed E-state index contributed by atoms with van der Waals surface area (Å²) in [6.07, 6.45) is 0. The first kappa shape index (κ1) is 10.3. The van der Waals surface area contributed by atoms with E-state index in [0.717, 1.165) is 16.0 Å². The van der Waals surface area contributed by atoms with Crippen LogP contribution in [0, 0.1) is 20.8 Å². The predicted octanol–water partition coefficient (Wildman–Crippen LogP) is 2.85. The number of hydrogen-bond donors (Lipinski definition) is 0. The molecule has 0 aliphatic carbocycles.